The molecule has 0 aromatic carbocycles. The van der Waals surface area contributed by atoms with Crippen LogP contribution in [-0.2, 0) is 0 Å². The van der Waals surface area contributed by atoms with Crippen molar-refractivity contribution in [2.75, 3.05) is 17.8 Å². The van der Waals surface area contributed by atoms with E-state index in [0.717, 1.165) is 17.2 Å². The minimum absolute atomic E-state index is 0.739. The van der Waals surface area contributed by atoms with Gasteiger partial charge in [0.15, 0.2) is 0 Å². The molecule has 1 nitrogen and oxygen atoms in total. The van der Waals surface area contributed by atoms with Crippen molar-refractivity contribution < 1.29 is 0 Å². The molecule has 2 rings (SSSR count). The summed E-state index contributed by atoms with van der Waals surface area (Å²) in [5.41, 5.74) is 6.38. The summed E-state index contributed by atoms with van der Waals surface area (Å²) in [5.74, 6) is 1.89. The fourth-order valence-electron chi connectivity index (χ4n) is 1.19. The molecule has 0 saturated heterocycles. The molecule has 0 spiro atoms. The van der Waals surface area contributed by atoms with E-state index in [2.05, 4.69) is 23.7 Å². The van der Waals surface area contributed by atoms with Gasteiger partial charge >= 0.3 is 0 Å². The Morgan fingerprint density at radius 2 is 2.22 bits per heavy atom. The summed E-state index contributed by atoms with van der Waals surface area (Å²) >= 11 is 11.1. The highest BCUT2D eigenvalue weighted by Crippen LogP contribution is 2.55. The van der Waals surface area contributed by atoms with Crippen molar-refractivity contribution in [3.63, 3.8) is 0 Å². The molecule has 2 aliphatic heterocycles. The molecule has 0 aromatic heterocycles. The van der Waals surface area contributed by atoms with Crippen LogP contribution in [0.2, 0.25) is 0 Å². The molecule has 2 aliphatic rings. The summed E-state index contributed by atoms with van der Waals surface area (Å²) in [6, 6.07) is 0. The molecule has 0 aliphatic carbocycles. The molecule has 18 heavy (non-hydrogen) atoms. The molecule has 0 saturated carbocycles. The zero-order valence-corrected chi connectivity index (χ0v) is 14.7. The van der Waals surface area contributed by atoms with Crippen LogP contribution in [0.25, 0.3) is 0 Å². The third-order valence-electron chi connectivity index (χ3n) is 1.93. The van der Waals surface area contributed by atoms with Crippen LogP contribution in [0.1, 0.15) is 0 Å². The third-order valence-corrected chi connectivity index (χ3v) is 9.97. The van der Waals surface area contributed by atoms with E-state index in [9.17, 15) is 0 Å². The largest absolute Gasteiger partial charge is 0.402 e. The SMILES string of the molecule is C=C(N)CS/C(SC)=C1/SCC2=C(SC=CS2)S1. The Morgan fingerprint density at radius 3 is 2.94 bits per heavy atom. The van der Waals surface area contributed by atoms with Crippen LogP contribution in [0, 0.1) is 0 Å². The maximum absolute atomic E-state index is 5.64. The van der Waals surface area contributed by atoms with Crippen molar-refractivity contribution in [1.82, 2.24) is 0 Å². The van der Waals surface area contributed by atoms with E-state index >= 15 is 0 Å². The van der Waals surface area contributed by atoms with Crippen molar-refractivity contribution in [2.24, 2.45) is 5.73 Å². The predicted octanol–water partition coefficient (Wildman–Crippen LogP) is 5.28. The molecule has 0 fully saturated rings. The summed E-state index contributed by atoms with van der Waals surface area (Å²) in [5, 5.41) is 4.33. The highest BCUT2D eigenvalue weighted by molar-refractivity contribution is 8.36. The van der Waals surface area contributed by atoms with Gasteiger partial charge in [-0.2, -0.15) is 0 Å². The topological polar surface area (TPSA) is 26.0 Å². The molecular weight excluding hydrogens is 339 g/mol. The summed E-state index contributed by atoms with van der Waals surface area (Å²) in [7, 11) is 0. The number of hydrogen-bond donors (Lipinski definition) is 1. The Hall–Kier alpha value is 0.860. The zero-order chi connectivity index (χ0) is 13.0. The number of thioether (sulfide) groups is 6. The van der Waals surface area contributed by atoms with Gasteiger partial charge in [0.05, 0.1) is 12.7 Å². The summed E-state index contributed by atoms with van der Waals surface area (Å²) in [4.78, 5) is 1.50. The second-order valence-electron chi connectivity index (χ2n) is 3.34. The molecular formula is C11H13NS6. The van der Waals surface area contributed by atoms with Crippen LogP contribution < -0.4 is 5.73 Å². The first-order valence-electron chi connectivity index (χ1n) is 5.07. The minimum atomic E-state index is 0.739. The Labute approximate surface area is 134 Å². The number of nitrogens with two attached hydrogens (primary N) is 1. The van der Waals surface area contributed by atoms with Crippen LogP contribution in [-0.4, -0.2) is 17.8 Å². The van der Waals surface area contributed by atoms with Crippen LogP contribution in [0.4, 0.5) is 0 Å². The lowest BCUT2D eigenvalue weighted by Gasteiger charge is -2.22. The molecule has 0 aromatic rings. The predicted molar refractivity (Wildman–Crippen MR) is 97.7 cm³/mol. The fourth-order valence-corrected chi connectivity index (χ4v) is 8.51. The Morgan fingerprint density at radius 1 is 1.44 bits per heavy atom. The minimum Gasteiger partial charge on any atom is -0.402 e. The number of hydrogen-bond acceptors (Lipinski definition) is 7. The standard InChI is InChI=1S/C11H13NS6/c1-7(12)5-16-10(13-2)11-17-6-8-9(18-11)15-4-3-14-8/h3-4H,1,5-6,12H2,2H3/b11-10-. The Balaban J connectivity index is 2.08. The summed E-state index contributed by atoms with van der Waals surface area (Å²) < 4.78 is 4.22. The second-order valence-corrected chi connectivity index (χ2v) is 9.84. The van der Waals surface area contributed by atoms with Crippen LogP contribution in [0.5, 0.6) is 0 Å². The zero-order valence-electron chi connectivity index (χ0n) is 9.80. The van der Waals surface area contributed by atoms with Gasteiger partial charge < -0.3 is 5.73 Å². The molecule has 7 heteroatoms. The van der Waals surface area contributed by atoms with Crippen LogP contribution in [0.3, 0.4) is 0 Å². The van der Waals surface area contributed by atoms with E-state index in [-0.39, 0.29) is 0 Å². The highest BCUT2D eigenvalue weighted by Gasteiger charge is 2.22. The lowest BCUT2D eigenvalue weighted by molar-refractivity contribution is 1.36. The van der Waals surface area contributed by atoms with Crippen molar-refractivity contribution in [3.8, 4) is 0 Å². The first kappa shape index (κ1) is 15.3. The van der Waals surface area contributed by atoms with Gasteiger partial charge in [-0.05, 0) is 17.1 Å². The van der Waals surface area contributed by atoms with Gasteiger partial charge in [-0.1, -0.05) is 41.9 Å². The normalized spacial score (nSPS) is 21.8. The van der Waals surface area contributed by atoms with E-state index in [0.29, 0.717) is 0 Å². The van der Waals surface area contributed by atoms with Gasteiger partial charge in [0.1, 0.15) is 0 Å². The van der Waals surface area contributed by atoms with Gasteiger partial charge in [-0.15, -0.1) is 35.3 Å². The smallest absolute Gasteiger partial charge is 0.0659 e. The lowest BCUT2D eigenvalue weighted by Crippen LogP contribution is -1.98. The quantitative estimate of drug-likeness (QED) is 0.736. The fraction of sp³-hybridized carbons (Fsp3) is 0.273. The molecule has 0 unspecified atom stereocenters. The Bertz CT molecular complexity index is 437. The molecule has 2 N–H and O–H groups in total. The van der Waals surface area contributed by atoms with Crippen LogP contribution in [0.15, 0.2) is 40.7 Å². The van der Waals surface area contributed by atoms with E-state index in [1.54, 1.807) is 23.5 Å². The molecule has 0 bridgehead atoms. The van der Waals surface area contributed by atoms with Gasteiger partial charge in [-0.3, -0.25) is 0 Å². The van der Waals surface area contributed by atoms with Gasteiger partial charge in [-0.25, -0.2) is 0 Å². The van der Waals surface area contributed by atoms with Gasteiger partial charge in [0.2, 0.25) is 0 Å². The van der Waals surface area contributed by atoms with E-state index < -0.39 is 0 Å². The summed E-state index contributed by atoms with van der Waals surface area (Å²) in [6.45, 7) is 3.76. The summed E-state index contributed by atoms with van der Waals surface area (Å²) in [6.07, 6.45) is 2.13. The Kier molecular flexibility index (Phi) is 6.43. The average Bonchev–Trinajstić information content (AvgIpc) is 2.39. The lowest BCUT2D eigenvalue weighted by atomic mass is 10.6. The average molecular weight is 352 g/mol. The van der Waals surface area contributed by atoms with Crippen molar-refractivity contribution in [2.45, 2.75) is 0 Å². The maximum atomic E-state index is 5.64. The first-order chi connectivity index (χ1) is 8.70. The maximum Gasteiger partial charge on any atom is 0.0659 e. The first-order valence-corrected chi connectivity index (χ1v) is 10.8. The third kappa shape index (κ3) is 4.18. The van der Waals surface area contributed by atoms with E-state index in [1.165, 1.54) is 17.6 Å². The number of rotatable bonds is 4. The van der Waals surface area contributed by atoms with E-state index in [1.807, 2.05) is 47.0 Å². The molecule has 0 atom stereocenters. The van der Waals surface area contributed by atoms with E-state index in [4.69, 9.17) is 5.73 Å². The van der Waals surface area contributed by atoms with Crippen molar-refractivity contribution in [1.29, 1.82) is 0 Å². The molecule has 0 amide bonds. The van der Waals surface area contributed by atoms with Gasteiger partial charge in [0.25, 0.3) is 0 Å². The van der Waals surface area contributed by atoms with Crippen molar-refractivity contribution >= 4 is 70.6 Å². The van der Waals surface area contributed by atoms with Crippen molar-refractivity contribution in [3.05, 3.63) is 40.7 Å². The molecule has 0 radical (unpaired) electrons. The van der Waals surface area contributed by atoms with Gasteiger partial charge in [0, 0.05) is 22.1 Å². The highest BCUT2D eigenvalue weighted by atomic mass is 32.2. The van der Waals surface area contributed by atoms with Crippen LogP contribution >= 0.6 is 70.6 Å². The second kappa shape index (κ2) is 7.59. The molecule has 2 heterocycles. The monoisotopic (exact) mass is 351 g/mol. The molecule has 98 valence electrons.